The maximum absolute atomic E-state index is 12.9. The summed E-state index contributed by atoms with van der Waals surface area (Å²) in [5, 5.41) is 0. The fourth-order valence-corrected chi connectivity index (χ4v) is 1.48. The molecule has 0 unspecified atom stereocenters. The smallest absolute Gasteiger partial charge is 0.126 e. The molecule has 0 fully saturated rings. The van der Waals surface area contributed by atoms with Gasteiger partial charge in [0.1, 0.15) is 11.6 Å². The molecule has 0 aliphatic heterocycles. The Morgan fingerprint density at radius 1 is 1.31 bits per heavy atom. The van der Waals surface area contributed by atoms with Gasteiger partial charge in [0.05, 0.1) is 6.61 Å². The third-order valence-electron chi connectivity index (χ3n) is 2.46. The second-order valence-corrected chi connectivity index (χ2v) is 3.90. The summed E-state index contributed by atoms with van der Waals surface area (Å²) < 4.78 is 18.5. The van der Waals surface area contributed by atoms with Crippen molar-refractivity contribution in [1.82, 2.24) is 0 Å². The molecule has 0 saturated heterocycles. The van der Waals surface area contributed by atoms with E-state index in [1.807, 2.05) is 13.0 Å². The minimum absolute atomic E-state index is 0.243. The van der Waals surface area contributed by atoms with Crippen molar-refractivity contribution in [3.05, 3.63) is 42.2 Å². The molecule has 0 spiro atoms. The van der Waals surface area contributed by atoms with Crippen LogP contribution < -0.4 is 4.74 Å². The fourth-order valence-electron chi connectivity index (χ4n) is 1.48. The van der Waals surface area contributed by atoms with Gasteiger partial charge in [0.25, 0.3) is 0 Å². The van der Waals surface area contributed by atoms with Crippen molar-refractivity contribution in [2.75, 3.05) is 6.61 Å². The van der Waals surface area contributed by atoms with Crippen molar-refractivity contribution in [2.45, 2.75) is 32.6 Å². The zero-order chi connectivity index (χ0) is 11.8. The normalized spacial score (nSPS) is 10.1. The SMILES string of the molecule is C=CCCCCCOc1cc(F)ccc1C. The van der Waals surface area contributed by atoms with Crippen LogP contribution in [0.4, 0.5) is 4.39 Å². The summed E-state index contributed by atoms with van der Waals surface area (Å²) in [6.45, 7) is 6.25. The molecule has 1 nitrogen and oxygen atoms in total. The molecule has 16 heavy (non-hydrogen) atoms. The summed E-state index contributed by atoms with van der Waals surface area (Å²) in [6, 6.07) is 4.63. The van der Waals surface area contributed by atoms with E-state index >= 15 is 0 Å². The van der Waals surface area contributed by atoms with Crippen LogP contribution in [-0.4, -0.2) is 6.61 Å². The standard InChI is InChI=1S/C14H19FO/c1-3-4-5-6-7-10-16-14-11-13(15)9-8-12(14)2/h3,8-9,11H,1,4-7,10H2,2H3. The topological polar surface area (TPSA) is 9.23 Å². The third kappa shape index (κ3) is 4.47. The summed E-state index contributed by atoms with van der Waals surface area (Å²) in [4.78, 5) is 0. The second-order valence-electron chi connectivity index (χ2n) is 3.90. The maximum atomic E-state index is 12.9. The van der Waals surface area contributed by atoms with Crippen LogP contribution >= 0.6 is 0 Å². The molecule has 0 N–H and O–H groups in total. The molecule has 0 aromatic heterocycles. The Labute approximate surface area is 96.9 Å². The van der Waals surface area contributed by atoms with Gasteiger partial charge in [-0.1, -0.05) is 12.1 Å². The Bertz CT molecular complexity index is 334. The lowest BCUT2D eigenvalue weighted by Crippen LogP contribution is -1.99. The van der Waals surface area contributed by atoms with Crippen LogP contribution in [0.5, 0.6) is 5.75 Å². The van der Waals surface area contributed by atoms with E-state index in [0.29, 0.717) is 12.4 Å². The number of benzene rings is 1. The van der Waals surface area contributed by atoms with Crippen LogP contribution in [-0.2, 0) is 0 Å². The highest BCUT2D eigenvalue weighted by Gasteiger charge is 2.00. The highest BCUT2D eigenvalue weighted by molar-refractivity contribution is 5.32. The van der Waals surface area contributed by atoms with Crippen molar-refractivity contribution >= 4 is 0 Å². The highest BCUT2D eigenvalue weighted by Crippen LogP contribution is 2.19. The Morgan fingerprint density at radius 2 is 2.12 bits per heavy atom. The van der Waals surface area contributed by atoms with Gasteiger partial charge in [0.15, 0.2) is 0 Å². The summed E-state index contributed by atoms with van der Waals surface area (Å²) in [6.07, 6.45) is 6.26. The highest BCUT2D eigenvalue weighted by atomic mass is 19.1. The van der Waals surface area contributed by atoms with Gasteiger partial charge < -0.3 is 4.74 Å². The summed E-state index contributed by atoms with van der Waals surface area (Å²) in [5.74, 6) is 0.413. The quantitative estimate of drug-likeness (QED) is 0.495. The minimum Gasteiger partial charge on any atom is -0.493 e. The Hall–Kier alpha value is -1.31. The molecule has 88 valence electrons. The predicted molar refractivity (Wildman–Crippen MR) is 65.3 cm³/mol. The number of allylic oxidation sites excluding steroid dienone is 1. The number of halogens is 1. The molecule has 0 atom stereocenters. The molecule has 1 rings (SSSR count). The molecule has 0 amide bonds. The van der Waals surface area contributed by atoms with Crippen molar-refractivity contribution in [3.8, 4) is 5.75 Å². The fraction of sp³-hybridized carbons (Fsp3) is 0.429. The summed E-state index contributed by atoms with van der Waals surface area (Å²) in [7, 11) is 0. The number of rotatable bonds is 7. The molecule has 0 radical (unpaired) electrons. The third-order valence-corrected chi connectivity index (χ3v) is 2.46. The number of hydrogen-bond donors (Lipinski definition) is 0. The largest absolute Gasteiger partial charge is 0.493 e. The summed E-state index contributed by atoms with van der Waals surface area (Å²) in [5.41, 5.74) is 0.979. The molecular formula is C14H19FO. The molecule has 1 aromatic rings. The van der Waals surface area contributed by atoms with Crippen molar-refractivity contribution < 1.29 is 9.13 Å². The molecule has 0 aliphatic carbocycles. The Kier molecular flexibility index (Phi) is 5.62. The van der Waals surface area contributed by atoms with Crippen molar-refractivity contribution in [1.29, 1.82) is 0 Å². The Morgan fingerprint density at radius 3 is 2.88 bits per heavy atom. The van der Waals surface area contributed by atoms with Gasteiger partial charge in [-0.25, -0.2) is 4.39 Å². The maximum Gasteiger partial charge on any atom is 0.126 e. The number of ether oxygens (including phenoxy) is 1. The van der Waals surface area contributed by atoms with E-state index in [4.69, 9.17) is 4.74 Å². The number of aryl methyl sites for hydroxylation is 1. The molecule has 2 heteroatoms. The predicted octanol–water partition coefficient (Wildman–Crippen LogP) is 4.26. The average Bonchev–Trinajstić information content (AvgIpc) is 2.28. The van der Waals surface area contributed by atoms with Crippen LogP contribution in [0, 0.1) is 12.7 Å². The van der Waals surface area contributed by atoms with Crippen LogP contribution in [0.3, 0.4) is 0 Å². The average molecular weight is 222 g/mol. The van der Waals surface area contributed by atoms with Crippen LogP contribution in [0.15, 0.2) is 30.9 Å². The van der Waals surface area contributed by atoms with Gasteiger partial charge in [-0.05, 0) is 44.2 Å². The lowest BCUT2D eigenvalue weighted by Gasteiger charge is -2.08. The zero-order valence-corrected chi connectivity index (χ0v) is 9.84. The van der Waals surface area contributed by atoms with Gasteiger partial charge in [-0.3, -0.25) is 0 Å². The number of unbranched alkanes of at least 4 members (excludes halogenated alkanes) is 3. The van der Waals surface area contributed by atoms with Gasteiger partial charge >= 0.3 is 0 Å². The van der Waals surface area contributed by atoms with Gasteiger partial charge in [-0.15, -0.1) is 6.58 Å². The lowest BCUT2D eigenvalue weighted by atomic mass is 10.2. The first-order chi connectivity index (χ1) is 7.74. The van der Waals surface area contributed by atoms with E-state index in [1.54, 1.807) is 6.07 Å². The van der Waals surface area contributed by atoms with Gasteiger partial charge in [0, 0.05) is 6.07 Å². The monoisotopic (exact) mass is 222 g/mol. The van der Waals surface area contributed by atoms with Crippen LogP contribution in [0.1, 0.15) is 31.2 Å². The first-order valence-corrected chi connectivity index (χ1v) is 5.74. The van der Waals surface area contributed by atoms with Gasteiger partial charge in [-0.2, -0.15) is 0 Å². The Balaban J connectivity index is 2.26. The number of hydrogen-bond acceptors (Lipinski definition) is 1. The molecule has 0 bridgehead atoms. The van der Waals surface area contributed by atoms with Gasteiger partial charge in [0.2, 0.25) is 0 Å². The summed E-state index contributed by atoms with van der Waals surface area (Å²) >= 11 is 0. The van der Waals surface area contributed by atoms with Crippen LogP contribution in [0.2, 0.25) is 0 Å². The van der Waals surface area contributed by atoms with E-state index in [1.165, 1.54) is 12.1 Å². The van der Waals surface area contributed by atoms with E-state index in [2.05, 4.69) is 6.58 Å². The van der Waals surface area contributed by atoms with E-state index in [9.17, 15) is 4.39 Å². The van der Waals surface area contributed by atoms with Crippen molar-refractivity contribution in [2.24, 2.45) is 0 Å². The van der Waals surface area contributed by atoms with E-state index in [-0.39, 0.29) is 5.82 Å². The zero-order valence-electron chi connectivity index (χ0n) is 9.84. The van der Waals surface area contributed by atoms with E-state index in [0.717, 1.165) is 31.2 Å². The molecule has 0 heterocycles. The molecular weight excluding hydrogens is 203 g/mol. The first kappa shape index (κ1) is 12.8. The van der Waals surface area contributed by atoms with Crippen molar-refractivity contribution in [3.63, 3.8) is 0 Å². The first-order valence-electron chi connectivity index (χ1n) is 5.74. The lowest BCUT2D eigenvalue weighted by molar-refractivity contribution is 0.302. The van der Waals surface area contributed by atoms with Crippen LogP contribution in [0.25, 0.3) is 0 Å². The molecule has 0 aliphatic rings. The minimum atomic E-state index is -0.243. The molecule has 0 saturated carbocycles. The molecule has 1 aromatic carbocycles. The second kappa shape index (κ2) is 7.04. The van der Waals surface area contributed by atoms with E-state index < -0.39 is 0 Å².